The molecule has 0 bridgehead atoms. The van der Waals surface area contributed by atoms with E-state index in [2.05, 4.69) is 25.3 Å². The maximum atomic E-state index is 12.3. The van der Waals surface area contributed by atoms with E-state index in [1.54, 1.807) is 12.1 Å². The molecule has 2 aromatic rings. The smallest absolute Gasteiger partial charge is 0.241 e. The van der Waals surface area contributed by atoms with Crippen LogP contribution in [0, 0.1) is 6.92 Å². The third-order valence-electron chi connectivity index (χ3n) is 3.62. The van der Waals surface area contributed by atoms with Crippen molar-refractivity contribution in [2.75, 3.05) is 11.9 Å². The number of sulfonamides is 1. The van der Waals surface area contributed by atoms with E-state index in [1.807, 2.05) is 6.92 Å². The van der Waals surface area contributed by atoms with Gasteiger partial charge in [0.1, 0.15) is 10.3 Å². The van der Waals surface area contributed by atoms with Crippen molar-refractivity contribution < 1.29 is 18.0 Å². The van der Waals surface area contributed by atoms with Gasteiger partial charge in [-0.1, -0.05) is 40.9 Å². The number of carbonyl (C=O) groups is 2. The van der Waals surface area contributed by atoms with Crippen LogP contribution in [0.4, 0.5) is 5.95 Å². The van der Waals surface area contributed by atoms with Crippen LogP contribution in [0.15, 0.2) is 35.2 Å². The quantitative estimate of drug-likeness (QED) is 0.516. The molecule has 0 saturated heterocycles. The molecule has 2 amide bonds. The zero-order valence-corrected chi connectivity index (χ0v) is 17.9. The summed E-state index contributed by atoms with van der Waals surface area (Å²) in [4.78, 5) is 31.6. The maximum absolute atomic E-state index is 12.3. The van der Waals surface area contributed by atoms with Gasteiger partial charge in [-0.05, 0) is 26.0 Å². The number of hydrogen-bond acceptors (Lipinski definition) is 6. The minimum Gasteiger partial charge on any atom is -0.354 e. The Morgan fingerprint density at radius 1 is 1.10 bits per heavy atom. The molecule has 0 aliphatic carbocycles. The molecule has 29 heavy (non-hydrogen) atoms. The topological polar surface area (TPSA) is 130 Å². The molecule has 156 valence electrons. The molecule has 0 spiro atoms. The summed E-state index contributed by atoms with van der Waals surface area (Å²) in [6.07, 6.45) is -0.0866. The van der Waals surface area contributed by atoms with Crippen molar-refractivity contribution in [1.82, 2.24) is 20.0 Å². The minimum absolute atomic E-state index is 0.0183. The van der Waals surface area contributed by atoms with Gasteiger partial charge in [-0.25, -0.2) is 18.4 Å². The number of nitrogens with one attached hydrogen (secondary N) is 3. The monoisotopic (exact) mass is 459 g/mol. The molecule has 1 aromatic heterocycles. The van der Waals surface area contributed by atoms with Crippen LogP contribution >= 0.6 is 23.2 Å². The molecule has 3 N–H and O–H groups in total. The number of aryl methyl sites for hydroxylation is 1. The second-order valence-electron chi connectivity index (χ2n) is 6.08. The summed E-state index contributed by atoms with van der Waals surface area (Å²) < 4.78 is 26.9. The Morgan fingerprint density at radius 2 is 1.69 bits per heavy atom. The first-order chi connectivity index (χ1) is 13.6. The second-order valence-corrected chi connectivity index (χ2v) is 8.57. The summed E-state index contributed by atoms with van der Waals surface area (Å²) in [5, 5.41) is 5.03. The van der Waals surface area contributed by atoms with Gasteiger partial charge >= 0.3 is 0 Å². The molecule has 0 aliphatic rings. The first-order valence-corrected chi connectivity index (χ1v) is 10.7. The van der Waals surface area contributed by atoms with Crippen LogP contribution in [0.3, 0.4) is 0 Å². The van der Waals surface area contributed by atoms with Crippen molar-refractivity contribution in [1.29, 1.82) is 0 Å². The number of benzene rings is 1. The molecule has 1 heterocycles. The Labute approximate surface area is 178 Å². The minimum atomic E-state index is -3.84. The van der Waals surface area contributed by atoms with Crippen LogP contribution in [0.2, 0.25) is 10.3 Å². The lowest BCUT2D eigenvalue weighted by Crippen LogP contribution is -2.45. The molecular weight excluding hydrogens is 441 g/mol. The van der Waals surface area contributed by atoms with E-state index in [0.29, 0.717) is 0 Å². The predicted molar refractivity (Wildman–Crippen MR) is 109 cm³/mol. The van der Waals surface area contributed by atoms with Gasteiger partial charge in [0.05, 0.1) is 10.9 Å². The van der Waals surface area contributed by atoms with E-state index in [9.17, 15) is 18.0 Å². The van der Waals surface area contributed by atoms with Crippen LogP contribution in [0.25, 0.3) is 0 Å². The average molecular weight is 460 g/mol. The standard InChI is InChI=1S/C17H19Cl2N5O4S/c1-10-3-5-12(6-4-10)29(27,28)24-11(2)16(26)20-8-7-15(25)23-17-21-13(18)9-14(19)22-17/h3-6,9,11,24H,7-8H2,1-2H3,(H,20,26)(H,21,22,23,25)/t11-/m0/s1. The lowest BCUT2D eigenvalue weighted by molar-refractivity contribution is -0.122. The fourth-order valence-corrected chi connectivity index (χ4v) is 3.78. The molecule has 0 aliphatic heterocycles. The molecule has 1 atom stereocenters. The van der Waals surface area contributed by atoms with E-state index in [-0.39, 0.29) is 34.1 Å². The molecule has 0 unspecified atom stereocenters. The van der Waals surface area contributed by atoms with E-state index in [4.69, 9.17) is 23.2 Å². The largest absolute Gasteiger partial charge is 0.354 e. The Balaban J connectivity index is 1.82. The van der Waals surface area contributed by atoms with Gasteiger partial charge in [-0.15, -0.1) is 0 Å². The van der Waals surface area contributed by atoms with E-state index < -0.39 is 27.9 Å². The summed E-state index contributed by atoms with van der Waals surface area (Å²) in [6.45, 7) is 3.22. The van der Waals surface area contributed by atoms with Crippen LogP contribution < -0.4 is 15.4 Å². The predicted octanol–water partition coefficient (Wildman–Crippen LogP) is 1.90. The lowest BCUT2D eigenvalue weighted by atomic mass is 10.2. The Morgan fingerprint density at radius 3 is 2.28 bits per heavy atom. The summed E-state index contributed by atoms with van der Waals surface area (Å²) in [7, 11) is -3.84. The lowest BCUT2D eigenvalue weighted by Gasteiger charge is -2.14. The van der Waals surface area contributed by atoms with Crippen molar-refractivity contribution in [2.24, 2.45) is 0 Å². The number of nitrogens with zero attached hydrogens (tertiary/aromatic N) is 2. The van der Waals surface area contributed by atoms with Crippen molar-refractivity contribution >= 4 is 51.0 Å². The zero-order valence-electron chi connectivity index (χ0n) is 15.6. The van der Waals surface area contributed by atoms with Crippen LogP contribution in [-0.4, -0.2) is 42.8 Å². The van der Waals surface area contributed by atoms with Crippen molar-refractivity contribution in [3.63, 3.8) is 0 Å². The normalized spacial score (nSPS) is 12.3. The molecule has 0 fully saturated rings. The van der Waals surface area contributed by atoms with Gasteiger partial charge < -0.3 is 5.32 Å². The summed E-state index contributed by atoms with van der Waals surface area (Å²) in [5.41, 5.74) is 0.915. The number of carbonyl (C=O) groups excluding carboxylic acids is 2. The summed E-state index contributed by atoms with van der Waals surface area (Å²) in [6, 6.07) is 6.52. The van der Waals surface area contributed by atoms with Crippen molar-refractivity contribution in [3.05, 3.63) is 46.2 Å². The highest BCUT2D eigenvalue weighted by molar-refractivity contribution is 7.89. The number of hydrogen-bond donors (Lipinski definition) is 3. The van der Waals surface area contributed by atoms with Crippen molar-refractivity contribution in [3.8, 4) is 0 Å². The van der Waals surface area contributed by atoms with Gasteiger partial charge in [0.2, 0.25) is 27.8 Å². The molecule has 2 rings (SSSR count). The highest BCUT2D eigenvalue weighted by Gasteiger charge is 2.22. The number of amides is 2. The Bertz CT molecular complexity index is 979. The highest BCUT2D eigenvalue weighted by atomic mass is 35.5. The van der Waals surface area contributed by atoms with E-state index >= 15 is 0 Å². The van der Waals surface area contributed by atoms with Gasteiger partial charge in [-0.3, -0.25) is 14.9 Å². The van der Waals surface area contributed by atoms with Crippen LogP contribution in [0.5, 0.6) is 0 Å². The molecule has 1 aromatic carbocycles. The third kappa shape index (κ3) is 7.24. The van der Waals surface area contributed by atoms with Gasteiger partial charge in [-0.2, -0.15) is 4.72 Å². The Hall–Kier alpha value is -2.27. The molecular formula is C17H19Cl2N5O4S. The average Bonchev–Trinajstić information content (AvgIpc) is 2.60. The molecule has 0 radical (unpaired) electrons. The number of halogens is 2. The summed E-state index contributed by atoms with van der Waals surface area (Å²) >= 11 is 11.4. The third-order valence-corrected chi connectivity index (χ3v) is 5.57. The number of anilines is 1. The summed E-state index contributed by atoms with van der Waals surface area (Å²) in [5.74, 6) is -1.11. The Kier molecular flexibility index (Phi) is 7.91. The van der Waals surface area contributed by atoms with E-state index in [0.717, 1.165) is 5.56 Å². The van der Waals surface area contributed by atoms with E-state index in [1.165, 1.54) is 25.1 Å². The second kappa shape index (κ2) is 9.97. The van der Waals surface area contributed by atoms with Crippen LogP contribution in [0.1, 0.15) is 18.9 Å². The highest BCUT2D eigenvalue weighted by Crippen LogP contribution is 2.14. The SMILES string of the molecule is Cc1ccc(S(=O)(=O)N[C@@H](C)C(=O)NCCC(=O)Nc2nc(Cl)cc(Cl)n2)cc1. The maximum Gasteiger partial charge on any atom is 0.241 e. The van der Waals surface area contributed by atoms with Crippen molar-refractivity contribution in [2.45, 2.75) is 31.2 Å². The zero-order chi connectivity index (χ0) is 21.6. The fourth-order valence-electron chi connectivity index (χ4n) is 2.16. The number of rotatable bonds is 8. The first kappa shape index (κ1) is 23.0. The molecule has 9 nitrogen and oxygen atoms in total. The van der Waals surface area contributed by atoms with Gasteiger partial charge in [0, 0.05) is 19.0 Å². The molecule has 12 heteroatoms. The van der Waals surface area contributed by atoms with Crippen LogP contribution in [-0.2, 0) is 19.6 Å². The van der Waals surface area contributed by atoms with Gasteiger partial charge in [0.25, 0.3) is 0 Å². The molecule has 0 saturated carbocycles. The number of aromatic nitrogens is 2. The first-order valence-electron chi connectivity index (χ1n) is 8.43. The fraction of sp³-hybridized carbons (Fsp3) is 0.294. The van der Waals surface area contributed by atoms with Gasteiger partial charge in [0.15, 0.2) is 0 Å².